The highest BCUT2D eigenvalue weighted by molar-refractivity contribution is 5.97. The Morgan fingerprint density at radius 1 is 1.14 bits per heavy atom. The molecule has 2 N–H and O–H groups in total. The summed E-state index contributed by atoms with van der Waals surface area (Å²) in [5.41, 5.74) is 6.03. The van der Waals surface area contributed by atoms with Crippen molar-refractivity contribution in [2.45, 2.75) is 6.92 Å². The maximum absolute atomic E-state index is 12.6. The van der Waals surface area contributed by atoms with Gasteiger partial charge < -0.3 is 24.8 Å². The predicted molar refractivity (Wildman–Crippen MR) is 81.3 cm³/mol. The van der Waals surface area contributed by atoms with Crippen LogP contribution in [0.5, 0.6) is 17.2 Å². The van der Waals surface area contributed by atoms with Gasteiger partial charge in [-0.25, -0.2) is 0 Å². The van der Waals surface area contributed by atoms with Crippen molar-refractivity contribution in [3.63, 3.8) is 0 Å². The van der Waals surface area contributed by atoms with Gasteiger partial charge in [0.05, 0.1) is 26.9 Å². The second-order valence-corrected chi connectivity index (χ2v) is 4.93. The monoisotopic (exact) mass is 296 g/mol. The summed E-state index contributed by atoms with van der Waals surface area (Å²) in [7, 11) is 6.32. The Morgan fingerprint density at radius 2 is 1.67 bits per heavy atom. The molecular formula is C15H24N2O4. The summed E-state index contributed by atoms with van der Waals surface area (Å²) in [6.45, 7) is 3.10. The van der Waals surface area contributed by atoms with Crippen LogP contribution >= 0.6 is 0 Å². The molecule has 0 heterocycles. The Kier molecular flexibility index (Phi) is 6.30. The average molecular weight is 296 g/mol. The maximum Gasteiger partial charge on any atom is 0.257 e. The van der Waals surface area contributed by atoms with E-state index in [4.69, 9.17) is 19.9 Å². The fourth-order valence-electron chi connectivity index (χ4n) is 2.03. The molecule has 118 valence electrons. The third kappa shape index (κ3) is 4.01. The third-order valence-corrected chi connectivity index (χ3v) is 3.27. The van der Waals surface area contributed by atoms with Gasteiger partial charge in [0.1, 0.15) is 5.75 Å². The standard InChI is InChI=1S/C15H24N2O4/c1-10(8-16)9-17(2)15(18)11-6-13(20-4)14(21-5)7-12(11)19-3/h6-7,10H,8-9,16H2,1-5H3. The van der Waals surface area contributed by atoms with Gasteiger partial charge in [-0.15, -0.1) is 0 Å². The van der Waals surface area contributed by atoms with Crippen LogP contribution in [0.25, 0.3) is 0 Å². The third-order valence-electron chi connectivity index (χ3n) is 3.27. The zero-order valence-electron chi connectivity index (χ0n) is 13.3. The number of amides is 1. The molecule has 0 fully saturated rings. The molecule has 0 aliphatic carbocycles. The molecule has 1 aromatic carbocycles. The average Bonchev–Trinajstić information content (AvgIpc) is 2.52. The van der Waals surface area contributed by atoms with E-state index >= 15 is 0 Å². The van der Waals surface area contributed by atoms with Gasteiger partial charge >= 0.3 is 0 Å². The Balaban J connectivity index is 3.12. The quantitative estimate of drug-likeness (QED) is 0.823. The summed E-state index contributed by atoms with van der Waals surface area (Å²) in [6.07, 6.45) is 0. The van der Waals surface area contributed by atoms with Gasteiger partial charge in [-0.1, -0.05) is 6.92 Å². The zero-order chi connectivity index (χ0) is 16.0. The highest BCUT2D eigenvalue weighted by Gasteiger charge is 2.21. The van der Waals surface area contributed by atoms with Crippen LogP contribution in [0.1, 0.15) is 17.3 Å². The normalized spacial score (nSPS) is 11.7. The fraction of sp³-hybridized carbons (Fsp3) is 0.533. The minimum absolute atomic E-state index is 0.145. The first-order valence-corrected chi connectivity index (χ1v) is 6.74. The molecule has 0 spiro atoms. The second-order valence-electron chi connectivity index (χ2n) is 4.93. The summed E-state index contributed by atoms with van der Waals surface area (Å²) in [4.78, 5) is 14.2. The first-order chi connectivity index (χ1) is 9.98. The summed E-state index contributed by atoms with van der Waals surface area (Å²) in [5, 5.41) is 0. The summed E-state index contributed by atoms with van der Waals surface area (Å²) >= 11 is 0. The van der Waals surface area contributed by atoms with Crippen molar-refractivity contribution < 1.29 is 19.0 Å². The Morgan fingerprint density at radius 3 is 2.14 bits per heavy atom. The molecule has 0 radical (unpaired) electrons. The number of carbonyl (C=O) groups is 1. The van der Waals surface area contributed by atoms with Crippen molar-refractivity contribution in [3.05, 3.63) is 17.7 Å². The van der Waals surface area contributed by atoms with Crippen molar-refractivity contribution in [2.24, 2.45) is 11.7 Å². The molecule has 1 unspecified atom stereocenters. The van der Waals surface area contributed by atoms with Gasteiger partial charge in [-0.2, -0.15) is 0 Å². The number of hydrogen-bond acceptors (Lipinski definition) is 5. The van der Waals surface area contributed by atoms with E-state index in [2.05, 4.69) is 0 Å². The van der Waals surface area contributed by atoms with Crippen LogP contribution in [0.2, 0.25) is 0 Å². The number of benzene rings is 1. The smallest absolute Gasteiger partial charge is 0.257 e. The molecule has 1 amide bonds. The van der Waals surface area contributed by atoms with Crippen LogP contribution in [-0.4, -0.2) is 52.3 Å². The molecule has 0 saturated carbocycles. The Hall–Kier alpha value is -1.95. The highest BCUT2D eigenvalue weighted by Crippen LogP contribution is 2.35. The van der Waals surface area contributed by atoms with Crippen molar-refractivity contribution in [3.8, 4) is 17.2 Å². The van der Waals surface area contributed by atoms with Gasteiger partial charge in [0.25, 0.3) is 5.91 Å². The summed E-state index contributed by atoms with van der Waals surface area (Å²) in [5.74, 6) is 1.54. The number of rotatable bonds is 7. The molecule has 0 aromatic heterocycles. The zero-order valence-corrected chi connectivity index (χ0v) is 13.3. The van der Waals surface area contributed by atoms with Crippen LogP contribution in [0.15, 0.2) is 12.1 Å². The van der Waals surface area contributed by atoms with Crippen molar-refractivity contribution in [2.75, 3.05) is 41.5 Å². The van der Waals surface area contributed by atoms with Gasteiger partial charge in [0.2, 0.25) is 0 Å². The van der Waals surface area contributed by atoms with Gasteiger partial charge in [-0.3, -0.25) is 4.79 Å². The SMILES string of the molecule is COc1cc(OC)c(C(=O)N(C)CC(C)CN)cc1OC. The number of nitrogens with two attached hydrogens (primary N) is 1. The van der Waals surface area contributed by atoms with Crippen LogP contribution in [-0.2, 0) is 0 Å². The van der Waals surface area contributed by atoms with Crippen LogP contribution < -0.4 is 19.9 Å². The minimum Gasteiger partial charge on any atom is -0.496 e. The summed E-state index contributed by atoms with van der Waals surface area (Å²) < 4.78 is 15.7. The summed E-state index contributed by atoms with van der Waals surface area (Å²) in [6, 6.07) is 3.27. The first-order valence-electron chi connectivity index (χ1n) is 6.74. The van der Waals surface area contributed by atoms with E-state index in [1.54, 1.807) is 24.1 Å². The van der Waals surface area contributed by atoms with Crippen LogP contribution in [0.4, 0.5) is 0 Å². The minimum atomic E-state index is -0.145. The fourth-order valence-corrected chi connectivity index (χ4v) is 2.03. The molecule has 6 nitrogen and oxygen atoms in total. The number of ether oxygens (including phenoxy) is 3. The van der Waals surface area contributed by atoms with Crippen molar-refractivity contribution in [1.29, 1.82) is 0 Å². The molecule has 1 atom stereocenters. The number of carbonyl (C=O) groups excluding carboxylic acids is 1. The van der Waals surface area contributed by atoms with Gasteiger partial charge in [0, 0.05) is 25.7 Å². The lowest BCUT2D eigenvalue weighted by Crippen LogP contribution is -2.33. The van der Waals surface area contributed by atoms with Crippen molar-refractivity contribution >= 4 is 5.91 Å². The Bertz CT molecular complexity index is 491. The molecule has 0 saturated heterocycles. The van der Waals surface area contributed by atoms with E-state index in [0.717, 1.165) is 0 Å². The number of methoxy groups -OCH3 is 3. The van der Waals surface area contributed by atoms with Gasteiger partial charge in [-0.05, 0) is 12.5 Å². The van der Waals surface area contributed by atoms with Crippen LogP contribution in [0.3, 0.4) is 0 Å². The lowest BCUT2D eigenvalue weighted by atomic mass is 10.1. The van der Waals surface area contributed by atoms with E-state index in [1.165, 1.54) is 21.3 Å². The number of nitrogens with zero attached hydrogens (tertiary/aromatic N) is 1. The first kappa shape index (κ1) is 17.1. The maximum atomic E-state index is 12.6. The lowest BCUT2D eigenvalue weighted by Gasteiger charge is -2.22. The van der Waals surface area contributed by atoms with Gasteiger partial charge in [0.15, 0.2) is 11.5 Å². The van der Waals surface area contributed by atoms with E-state index in [0.29, 0.717) is 35.9 Å². The van der Waals surface area contributed by atoms with Crippen molar-refractivity contribution in [1.82, 2.24) is 4.90 Å². The molecule has 0 aliphatic rings. The number of hydrogen-bond donors (Lipinski definition) is 1. The molecular weight excluding hydrogens is 272 g/mol. The molecule has 21 heavy (non-hydrogen) atoms. The lowest BCUT2D eigenvalue weighted by molar-refractivity contribution is 0.0773. The predicted octanol–water partition coefficient (Wildman–Crippen LogP) is 1.38. The second kappa shape index (κ2) is 7.73. The molecule has 1 rings (SSSR count). The van der Waals surface area contributed by atoms with E-state index in [-0.39, 0.29) is 11.8 Å². The molecule has 0 aliphatic heterocycles. The molecule has 0 bridgehead atoms. The molecule has 6 heteroatoms. The van der Waals surface area contributed by atoms with Crippen LogP contribution in [0, 0.1) is 5.92 Å². The highest BCUT2D eigenvalue weighted by atomic mass is 16.5. The van der Waals surface area contributed by atoms with E-state index in [9.17, 15) is 4.79 Å². The molecule has 1 aromatic rings. The Labute approximate surface area is 125 Å². The van der Waals surface area contributed by atoms with E-state index < -0.39 is 0 Å². The largest absolute Gasteiger partial charge is 0.496 e. The van der Waals surface area contributed by atoms with E-state index in [1.807, 2.05) is 6.92 Å². The topological polar surface area (TPSA) is 74.0 Å².